The summed E-state index contributed by atoms with van der Waals surface area (Å²) in [7, 11) is 3.61. The molecule has 0 spiro atoms. The molecule has 0 aliphatic carbocycles. The van der Waals surface area contributed by atoms with Crippen molar-refractivity contribution in [3.63, 3.8) is 0 Å². The first kappa shape index (κ1) is 20.7. The van der Waals surface area contributed by atoms with Crippen LogP contribution in [0.3, 0.4) is 0 Å². The highest BCUT2D eigenvalue weighted by Crippen LogP contribution is 2.15. The summed E-state index contributed by atoms with van der Waals surface area (Å²) < 4.78 is 7.24. The van der Waals surface area contributed by atoms with Gasteiger partial charge in [-0.25, -0.2) is 0 Å². The molecule has 7 nitrogen and oxygen atoms in total. The van der Waals surface area contributed by atoms with Gasteiger partial charge in [-0.3, -0.25) is 9.67 Å². The molecule has 0 bridgehead atoms. The number of piperidine rings is 1. The van der Waals surface area contributed by atoms with Crippen molar-refractivity contribution in [2.24, 2.45) is 10.9 Å². The number of hydrogen-bond donors (Lipinski definition) is 2. The summed E-state index contributed by atoms with van der Waals surface area (Å²) in [4.78, 5) is 6.83. The zero-order valence-corrected chi connectivity index (χ0v) is 16.9. The lowest BCUT2D eigenvalue weighted by atomic mass is 9.97. The average molecular weight is 365 g/mol. The zero-order chi connectivity index (χ0) is 18.8. The molecule has 2 N–H and O–H groups in total. The summed E-state index contributed by atoms with van der Waals surface area (Å²) in [6.45, 7) is 11.2. The van der Waals surface area contributed by atoms with Crippen LogP contribution in [0.15, 0.2) is 11.1 Å². The third-order valence-electron chi connectivity index (χ3n) is 5.04. The topological polar surface area (TPSA) is 66.7 Å². The van der Waals surface area contributed by atoms with E-state index in [-0.39, 0.29) is 0 Å². The second-order valence-corrected chi connectivity index (χ2v) is 7.16. The summed E-state index contributed by atoms with van der Waals surface area (Å²) in [5.74, 6) is 1.63. The van der Waals surface area contributed by atoms with Gasteiger partial charge in [-0.1, -0.05) is 0 Å². The minimum Gasteiger partial charge on any atom is -0.383 e. The number of likely N-dealkylation sites (tertiary alicyclic amines) is 1. The van der Waals surface area contributed by atoms with E-state index in [4.69, 9.17) is 4.74 Å². The maximum Gasteiger partial charge on any atom is 0.190 e. The second kappa shape index (κ2) is 11.2. The Morgan fingerprint density at radius 2 is 2.04 bits per heavy atom. The smallest absolute Gasteiger partial charge is 0.190 e. The Labute approximate surface area is 158 Å². The van der Waals surface area contributed by atoms with Gasteiger partial charge < -0.3 is 20.3 Å². The van der Waals surface area contributed by atoms with Gasteiger partial charge in [0.2, 0.25) is 0 Å². The van der Waals surface area contributed by atoms with Gasteiger partial charge in [-0.2, -0.15) is 5.10 Å². The molecule has 1 aromatic heterocycles. The summed E-state index contributed by atoms with van der Waals surface area (Å²) in [5, 5.41) is 11.4. The highest BCUT2D eigenvalue weighted by Gasteiger charge is 2.18. The highest BCUT2D eigenvalue weighted by molar-refractivity contribution is 5.79. The molecule has 1 fully saturated rings. The van der Waals surface area contributed by atoms with Crippen molar-refractivity contribution in [3.8, 4) is 0 Å². The highest BCUT2D eigenvalue weighted by atomic mass is 16.5. The largest absolute Gasteiger partial charge is 0.383 e. The van der Waals surface area contributed by atoms with Crippen LogP contribution in [0.2, 0.25) is 0 Å². The fourth-order valence-corrected chi connectivity index (χ4v) is 3.43. The Morgan fingerprint density at radius 1 is 1.27 bits per heavy atom. The Bertz CT molecular complexity index is 548. The standard InChI is InChI=1S/C19H36N6O/c1-16-14-17(2)25(23-16)9-5-8-21-19(20-3)22-15-18-6-10-24(11-7-18)12-13-26-4/h14,18H,5-13,15H2,1-4H3,(H2,20,21,22). The van der Waals surface area contributed by atoms with E-state index in [1.165, 1.54) is 31.6 Å². The van der Waals surface area contributed by atoms with Crippen molar-refractivity contribution in [1.82, 2.24) is 25.3 Å². The van der Waals surface area contributed by atoms with Crippen molar-refractivity contribution < 1.29 is 4.74 Å². The number of nitrogens with zero attached hydrogens (tertiary/aromatic N) is 4. The van der Waals surface area contributed by atoms with E-state index < -0.39 is 0 Å². The number of ether oxygens (including phenoxy) is 1. The SMILES string of the molecule is CN=C(NCCCn1nc(C)cc1C)NCC1CCN(CCOC)CC1. The van der Waals surface area contributed by atoms with E-state index in [9.17, 15) is 0 Å². The molecular weight excluding hydrogens is 328 g/mol. The van der Waals surface area contributed by atoms with Crippen LogP contribution in [0.4, 0.5) is 0 Å². The summed E-state index contributed by atoms with van der Waals surface area (Å²) >= 11 is 0. The van der Waals surface area contributed by atoms with E-state index in [0.29, 0.717) is 0 Å². The number of aliphatic imine (C=N–C) groups is 1. The van der Waals surface area contributed by atoms with E-state index >= 15 is 0 Å². The number of methoxy groups -OCH3 is 1. The van der Waals surface area contributed by atoms with Crippen LogP contribution in [-0.4, -0.2) is 74.1 Å². The average Bonchev–Trinajstić information content (AvgIpc) is 2.97. The molecule has 1 aliphatic heterocycles. The van der Waals surface area contributed by atoms with Crippen molar-refractivity contribution in [3.05, 3.63) is 17.5 Å². The van der Waals surface area contributed by atoms with Crippen LogP contribution in [0.5, 0.6) is 0 Å². The van der Waals surface area contributed by atoms with Gasteiger partial charge >= 0.3 is 0 Å². The van der Waals surface area contributed by atoms with E-state index in [1.54, 1.807) is 7.11 Å². The molecule has 0 atom stereocenters. The van der Waals surface area contributed by atoms with Gasteiger partial charge in [-0.15, -0.1) is 0 Å². The van der Waals surface area contributed by atoms with E-state index in [2.05, 4.69) is 43.3 Å². The van der Waals surface area contributed by atoms with Crippen LogP contribution >= 0.6 is 0 Å². The predicted molar refractivity (Wildman–Crippen MR) is 107 cm³/mol. The van der Waals surface area contributed by atoms with Gasteiger partial charge in [0.15, 0.2) is 5.96 Å². The van der Waals surface area contributed by atoms with Crippen LogP contribution in [0.25, 0.3) is 0 Å². The number of aryl methyl sites for hydroxylation is 3. The first-order valence-corrected chi connectivity index (χ1v) is 9.79. The molecule has 0 saturated carbocycles. The molecule has 1 aliphatic rings. The van der Waals surface area contributed by atoms with Gasteiger partial charge in [0, 0.05) is 46.0 Å². The van der Waals surface area contributed by atoms with Crippen molar-refractivity contribution in [1.29, 1.82) is 0 Å². The Morgan fingerprint density at radius 3 is 2.65 bits per heavy atom. The summed E-state index contributed by atoms with van der Waals surface area (Å²) in [6.07, 6.45) is 3.51. The normalized spacial score (nSPS) is 16.8. The number of hydrogen-bond acceptors (Lipinski definition) is 4. The van der Waals surface area contributed by atoms with Crippen molar-refractivity contribution in [2.75, 3.05) is 53.5 Å². The lowest BCUT2D eigenvalue weighted by Gasteiger charge is -2.32. The molecule has 148 valence electrons. The third kappa shape index (κ3) is 6.96. The van der Waals surface area contributed by atoms with Crippen LogP contribution in [0, 0.1) is 19.8 Å². The van der Waals surface area contributed by atoms with E-state index in [1.807, 2.05) is 14.0 Å². The summed E-state index contributed by atoms with van der Waals surface area (Å²) in [5.41, 5.74) is 2.31. The first-order chi connectivity index (χ1) is 12.6. The zero-order valence-electron chi connectivity index (χ0n) is 16.9. The van der Waals surface area contributed by atoms with Gasteiger partial charge in [0.05, 0.1) is 12.3 Å². The Balaban J connectivity index is 1.59. The number of rotatable bonds is 9. The Hall–Kier alpha value is -1.60. The lowest BCUT2D eigenvalue weighted by molar-refractivity contribution is 0.121. The van der Waals surface area contributed by atoms with Gasteiger partial charge in [0.25, 0.3) is 0 Å². The molecule has 0 amide bonds. The lowest BCUT2D eigenvalue weighted by Crippen LogP contribution is -2.43. The number of aromatic nitrogens is 2. The Kier molecular flexibility index (Phi) is 8.91. The fraction of sp³-hybridized carbons (Fsp3) is 0.789. The molecule has 1 saturated heterocycles. The molecule has 0 radical (unpaired) electrons. The molecule has 2 heterocycles. The molecule has 7 heteroatoms. The maximum atomic E-state index is 5.16. The fourth-order valence-electron chi connectivity index (χ4n) is 3.43. The van der Waals surface area contributed by atoms with Crippen molar-refractivity contribution >= 4 is 5.96 Å². The minimum absolute atomic E-state index is 0.724. The van der Waals surface area contributed by atoms with Crippen LogP contribution in [-0.2, 0) is 11.3 Å². The number of guanidine groups is 1. The third-order valence-corrected chi connectivity index (χ3v) is 5.04. The second-order valence-electron chi connectivity index (χ2n) is 7.16. The monoisotopic (exact) mass is 364 g/mol. The number of nitrogens with one attached hydrogen (secondary N) is 2. The minimum atomic E-state index is 0.724. The van der Waals surface area contributed by atoms with Gasteiger partial charge in [-0.05, 0) is 58.2 Å². The van der Waals surface area contributed by atoms with E-state index in [0.717, 1.165) is 56.8 Å². The van der Waals surface area contributed by atoms with Gasteiger partial charge in [0.1, 0.15) is 0 Å². The molecular formula is C19H36N6O. The molecule has 0 aromatic carbocycles. The molecule has 1 aromatic rings. The predicted octanol–water partition coefficient (Wildman–Crippen LogP) is 1.41. The molecule has 26 heavy (non-hydrogen) atoms. The maximum absolute atomic E-state index is 5.16. The van der Waals surface area contributed by atoms with Crippen LogP contribution in [0.1, 0.15) is 30.7 Å². The van der Waals surface area contributed by atoms with Crippen molar-refractivity contribution in [2.45, 2.75) is 39.7 Å². The van der Waals surface area contributed by atoms with Crippen LogP contribution < -0.4 is 10.6 Å². The first-order valence-electron chi connectivity index (χ1n) is 9.79. The molecule has 2 rings (SSSR count). The quantitative estimate of drug-likeness (QED) is 0.394. The summed E-state index contributed by atoms with van der Waals surface area (Å²) in [6, 6.07) is 2.12. The molecule has 0 unspecified atom stereocenters.